The van der Waals surface area contributed by atoms with E-state index < -0.39 is 5.91 Å². The van der Waals surface area contributed by atoms with Crippen molar-refractivity contribution in [2.45, 2.75) is 6.92 Å². The van der Waals surface area contributed by atoms with E-state index in [2.05, 4.69) is 10.3 Å². The van der Waals surface area contributed by atoms with Crippen molar-refractivity contribution in [3.8, 4) is 0 Å². The van der Waals surface area contributed by atoms with E-state index in [-0.39, 0.29) is 11.5 Å². The summed E-state index contributed by atoms with van der Waals surface area (Å²) < 4.78 is 0. The Morgan fingerprint density at radius 3 is 2.59 bits per heavy atom. The molecule has 0 atom stereocenters. The van der Waals surface area contributed by atoms with Crippen LogP contribution in [-0.4, -0.2) is 35.8 Å². The van der Waals surface area contributed by atoms with Gasteiger partial charge in [-0.05, 0) is 25.1 Å². The lowest BCUT2D eigenvalue weighted by Crippen LogP contribution is -2.21. The fourth-order valence-electron chi connectivity index (χ4n) is 1.69. The van der Waals surface area contributed by atoms with Crippen molar-refractivity contribution in [2.75, 3.05) is 19.4 Å². The molecule has 0 spiro atoms. The van der Waals surface area contributed by atoms with Crippen LogP contribution in [0.25, 0.3) is 0 Å². The van der Waals surface area contributed by atoms with Crippen molar-refractivity contribution in [3.05, 3.63) is 44.4 Å². The molecule has 8 heteroatoms. The van der Waals surface area contributed by atoms with Gasteiger partial charge in [0.2, 0.25) is 0 Å². The molecule has 1 aromatic carbocycles. The van der Waals surface area contributed by atoms with E-state index in [1.807, 2.05) is 0 Å². The van der Waals surface area contributed by atoms with Crippen LogP contribution in [0.15, 0.2) is 18.2 Å². The summed E-state index contributed by atoms with van der Waals surface area (Å²) in [5, 5.41) is 3.67. The van der Waals surface area contributed by atoms with Crippen LogP contribution in [0, 0.1) is 6.92 Å². The molecule has 2 rings (SSSR count). The average molecular weight is 358 g/mol. The number of hydrogen-bond donors (Lipinski definition) is 1. The monoisotopic (exact) mass is 357 g/mol. The summed E-state index contributed by atoms with van der Waals surface area (Å²) in [5.41, 5.74) is 0.818. The number of thiazole rings is 1. The first-order valence-electron chi connectivity index (χ1n) is 6.25. The van der Waals surface area contributed by atoms with Crippen molar-refractivity contribution in [2.24, 2.45) is 0 Å². The second-order valence-electron chi connectivity index (χ2n) is 4.71. The quantitative estimate of drug-likeness (QED) is 0.910. The minimum atomic E-state index is -0.426. The first-order valence-corrected chi connectivity index (χ1v) is 7.82. The largest absolute Gasteiger partial charge is 0.344 e. The zero-order valence-corrected chi connectivity index (χ0v) is 14.4. The molecule has 0 aliphatic carbocycles. The highest BCUT2D eigenvalue weighted by Crippen LogP contribution is 2.26. The van der Waals surface area contributed by atoms with Crippen molar-refractivity contribution >= 4 is 51.5 Å². The van der Waals surface area contributed by atoms with E-state index in [4.69, 9.17) is 23.2 Å². The van der Waals surface area contributed by atoms with Crippen LogP contribution in [0.5, 0.6) is 0 Å². The Morgan fingerprint density at radius 1 is 1.27 bits per heavy atom. The van der Waals surface area contributed by atoms with Gasteiger partial charge in [0.1, 0.15) is 4.88 Å². The summed E-state index contributed by atoms with van der Waals surface area (Å²) >= 11 is 13.0. The lowest BCUT2D eigenvalue weighted by atomic mass is 10.2. The second-order valence-corrected chi connectivity index (χ2v) is 6.55. The van der Waals surface area contributed by atoms with Crippen LogP contribution in [0.1, 0.15) is 25.7 Å². The van der Waals surface area contributed by atoms with E-state index in [1.165, 1.54) is 11.0 Å². The van der Waals surface area contributed by atoms with Gasteiger partial charge in [0.25, 0.3) is 11.8 Å². The molecular formula is C14H13Cl2N3O2S. The Bertz CT molecular complexity index is 744. The molecule has 0 saturated carbocycles. The van der Waals surface area contributed by atoms with Gasteiger partial charge in [0.05, 0.1) is 16.3 Å². The van der Waals surface area contributed by atoms with E-state index >= 15 is 0 Å². The molecule has 116 valence electrons. The molecule has 2 amide bonds. The molecule has 0 bridgehead atoms. The summed E-state index contributed by atoms with van der Waals surface area (Å²) in [5.74, 6) is -0.582. The average Bonchev–Trinajstić information content (AvgIpc) is 2.81. The number of carbonyl (C=O) groups is 2. The first kappa shape index (κ1) is 16.7. The molecule has 1 N–H and O–H groups in total. The minimum absolute atomic E-state index is 0.156. The molecule has 22 heavy (non-hydrogen) atoms. The fourth-order valence-corrected chi connectivity index (χ4v) is 3.05. The lowest BCUT2D eigenvalue weighted by Gasteiger charge is -2.07. The maximum Gasteiger partial charge on any atom is 0.265 e. The van der Waals surface area contributed by atoms with Crippen molar-refractivity contribution in [1.29, 1.82) is 0 Å². The van der Waals surface area contributed by atoms with Gasteiger partial charge in [-0.15, -0.1) is 0 Å². The number of amides is 2. The highest BCUT2D eigenvalue weighted by atomic mass is 35.5. The van der Waals surface area contributed by atoms with Gasteiger partial charge < -0.3 is 4.90 Å². The zero-order chi connectivity index (χ0) is 16.4. The first-order chi connectivity index (χ1) is 10.3. The van der Waals surface area contributed by atoms with E-state index in [9.17, 15) is 9.59 Å². The van der Waals surface area contributed by atoms with Crippen LogP contribution in [0.4, 0.5) is 5.13 Å². The van der Waals surface area contributed by atoms with Gasteiger partial charge in [0.15, 0.2) is 5.13 Å². The Hall–Kier alpha value is -1.63. The zero-order valence-electron chi connectivity index (χ0n) is 12.1. The third kappa shape index (κ3) is 3.58. The number of aryl methyl sites for hydroxylation is 1. The maximum atomic E-state index is 12.2. The van der Waals surface area contributed by atoms with Gasteiger partial charge >= 0.3 is 0 Å². The normalized spacial score (nSPS) is 10.4. The summed E-state index contributed by atoms with van der Waals surface area (Å²) in [6.07, 6.45) is 0. The predicted octanol–water partition coefficient (Wildman–Crippen LogP) is 3.71. The molecule has 5 nitrogen and oxygen atoms in total. The molecule has 0 aliphatic heterocycles. The van der Waals surface area contributed by atoms with Gasteiger partial charge in [0, 0.05) is 19.1 Å². The SMILES string of the molecule is Cc1nc(NC(=O)c2cc(Cl)ccc2Cl)sc1C(=O)N(C)C. The summed E-state index contributed by atoms with van der Waals surface area (Å²) in [6, 6.07) is 4.63. The summed E-state index contributed by atoms with van der Waals surface area (Å²) in [4.78, 5) is 30.3. The van der Waals surface area contributed by atoms with Crippen LogP contribution in [-0.2, 0) is 0 Å². The Balaban J connectivity index is 2.24. The predicted molar refractivity (Wildman–Crippen MR) is 89.3 cm³/mol. The van der Waals surface area contributed by atoms with Crippen LogP contribution >= 0.6 is 34.5 Å². The highest BCUT2D eigenvalue weighted by Gasteiger charge is 2.19. The highest BCUT2D eigenvalue weighted by molar-refractivity contribution is 7.17. The number of anilines is 1. The van der Waals surface area contributed by atoms with E-state index in [1.54, 1.807) is 33.2 Å². The van der Waals surface area contributed by atoms with E-state index in [0.29, 0.717) is 25.7 Å². The molecule has 0 fully saturated rings. The maximum absolute atomic E-state index is 12.2. The van der Waals surface area contributed by atoms with Crippen LogP contribution < -0.4 is 5.32 Å². The van der Waals surface area contributed by atoms with Gasteiger partial charge in [-0.25, -0.2) is 4.98 Å². The number of halogens is 2. The number of hydrogen-bond acceptors (Lipinski definition) is 4. The third-order valence-corrected chi connectivity index (χ3v) is 4.42. The molecule has 0 unspecified atom stereocenters. The van der Waals surface area contributed by atoms with Gasteiger partial charge in [-0.1, -0.05) is 34.5 Å². The second kappa shape index (κ2) is 6.64. The molecule has 0 aliphatic rings. The number of nitrogens with one attached hydrogen (secondary N) is 1. The van der Waals surface area contributed by atoms with Crippen LogP contribution in [0.2, 0.25) is 10.0 Å². The Kier molecular flexibility index (Phi) is 5.05. The molecule has 1 heterocycles. The summed E-state index contributed by atoms with van der Waals surface area (Å²) in [7, 11) is 3.32. The molecule has 2 aromatic rings. The lowest BCUT2D eigenvalue weighted by molar-refractivity contribution is 0.0831. The molecule has 0 radical (unpaired) electrons. The Morgan fingerprint density at radius 2 is 1.95 bits per heavy atom. The molecule has 0 saturated heterocycles. The minimum Gasteiger partial charge on any atom is -0.344 e. The number of aromatic nitrogens is 1. The molecular weight excluding hydrogens is 345 g/mol. The number of nitrogens with zero attached hydrogens (tertiary/aromatic N) is 2. The fraction of sp³-hybridized carbons (Fsp3) is 0.214. The standard InChI is InChI=1S/C14H13Cl2N3O2S/c1-7-11(13(21)19(2)3)22-14(17-7)18-12(20)9-6-8(15)4-5-10(9)16/h4-6H,1-3H3,(H,17,18,20). The summed E-state index contributed by atoms with van der Waals surface area (Å²) in [6.45, 7) is 1.72. The van der Waals surface area contributed by atoms with Crippen molar-refractivity contribution < 1.29 is 9.59 Å². The van der Waals surface area contributed by atoms with Gasteiger partial charge in [-0.3, -0.25) is 14.9 Å². The molecule has 1 aromatic heterocycles. The number of carbonyl (C=O) groups excluding carboxylic acids is 2. The van der Waals surface area contributed by atoms with Crippen molar-refractivity contribution in [1.82, 2.24) is 9.88 Å². The van der Waals surface area contributed by atoms with E-state index in [0.717, 1.165) is 11.3 Å². The Labute approximate surface area is 141 Å². The number of benzene rings is 1. The van der Waals surface area contributed by atoms with Crippen LogP contribution in [0.3, 0.4) is 0 Å². The third-order valence-electron chi connectivity index (χ3n) is 2.79. The van der Waals surface area contributed by atoms with Gasteiger partial charge in [-0.2, -0.15) is 0 Å². The smallest absolute Gasteiger partial charge is 0.265 e. The van der Waals surface area contributed by atoms with Crippen molar-refractivity contribution in [3.63, 3.8) is 0 Å². The topological polar surface area (TPSA) is 62.3 Å². The number of rotatable bonds is 3.